The third-order valence-corrected chi connectivity index (χ3v) is 12.2. The molecule has 7 heteroatoms. The van der Waals surface area contributed by atoms with Gasteiger partial charge in [0.2, 0.25) is 0 Å². The predicted molar refractivity (Wildman–Crippen MR) is 149 cm³/mol. The van der Waals surface area contributed by atoms with E-state index in [1.807, 2.05) is 23.1 Å². The van der Waals surface area contributed by atoms with E-state index in [-0.39, 0.29) is 23.6 Å². The average Bonchev–Trinajstić information content (AvgIpc) is 2.92. The van der Waals surface area contributed by atoms with Gasteiger partial charge in [-0.3, -0.25) is 9.78 Å². The van der Waals surface area contributed by atoms with Gasteiger partial charge in [-0.15, -0.1) is 0 Å². The second-order valence-electron chi connectivity index (χ2n) is 10.5. The normalized spacial score (nSPS) is 16.5. The number of carbonyl (C=O) groups excluding carboxylic acids is 1. The Morgan fingerprint density at radius 1 is 1.05 bits per heavy atom. The van der Waals surface area contributed by atoms with Crippen LogP contribution in [0.5, 0.6) is 0 Å². The van der Waals surface area contributed by atoms with Crippen LogP contribution in [0.15, 0.2) is 79.0 Å². The minimum Gasteiger partial charge on any atom is -0.407 e. The molecule has 1 N–H and O–H groups in total. The molecule has 2 aromatic carbocycles. The van der Waals surface area contributed by atoms with Crippen molar-refractivity contribution in [2.24, 2.45) is 0 Å². The molecule has 196 valence electrons. The Morgan fingerprint density at radius 2 is 1.70 bits per heavy atom. The highest BCUT2D eigenvalue weighted by Gasteiger charge is 2.50. The van der Waals surface area contributed by atoms with Gasteiger partial charge in [0.1, 0.15) is 0 Å². The van der Waals surface area contributed by atoms with Gasteiger partial charge < -0.3 is 19.2 Å². The number of hydrogen-bond donors (Lipinski definition) is 1. The zero-order valence-electron chi connectivity index (χ0n) is 22.1. The van der Waals surface area contributed by atoms with Crippen molar-refractivity contribution in [1.29, 1.82) is 0 Å². The molecular formula is C30H38N2O4Si. The molecule has 0 saturated carbocycles. The van der Waals surface area contributed by atoms with E-state index in [0.717, 1.165) is 5.69 Å². The van der Waals surface area contributed by atoms with E-state index in [1.54, 1.807) is 12.3 Å². The zero-order chi connectivity index (χ0) is 26.3. The maximum absolute atomic E-state index is 13.6. The number of hydrogen-bond acceptors (Lipinski definition) is 5. The molecule has 6 nitrogen and oxygen atoms in total. The van der Waals surface area contributed by atoms with Crippen LogP contribution >= 0.6 is 0 Å². The van der Waals surface area contributed by atoms with E-state index in [4.69, 9.17) is 9.16 Å². The number of aromatic nitrogens is 1. The van der Waals surface area contributed by atoms with E-state index in [9.17, 15) is 9.90 Å². The number of pyridine rings is 1. The van der Waals surface area contributed by atoms with Gasteiger partial charge in [-0.1, -0.05) is 81.4 Å². The van der Waals surface area contributed by atoms with Gasteiger partial charge in [-0.2, -0.15) is 0 Å². The van der Waals surface area contributed by atoms with Crippen molar-refractivity contribution in [2.45, 2.75) is 44.7 Å². The quantitative estimate of drug-likeness (QED) is 0.440. The van der Waals surface area contributed by atoms with Crippen molar-refractivity contribution in [2.75, 3.05) is 33.0 Å². The van der Waals surface area contributed by atoms with Crippen LogP contribution in [0.2, 0.25) is 5.04 Å². The topological polar surface area (TPSA) is 71.9 Å². The van der Waals surface area contributed by atoms with Crippen LogP contribution in [0.3, 0.4) is 0 Å². The fraction of sp³-hybridized carbons (Fsp3) is 0.400. The van der Waals surface area contributed by atoms with Gasteiger partial charge in [0.15, 0.2) is 0 Å². The monoisotopic (exact) mass is 518 g/mol. The molecule has 4 rings (SSSR count). The number of aliphatic hydroxyl groups excluding tert-OH is 1. The van der Waals surface area contributed by atoms with Crippen LogP contribution in [0.4, 0.5) is 0 Å². The Hall–Kier alpha value is -2.84. The number of morpholine rings is 1. The lowest BCUT2D eigenvalue weighted by Crippen LogP contribution is -2.66. The zero-order valence-corrected chi connectivity index (χ0v) is 23.1. The first-order valence-corrected chi connectivity index (χ1v) is 15.0. The molecule has 0 aliphatic carbocycles. The number of rotatable bonds is 9. The SMILES string of the molecule is CC(C)(C)[Si](OCCc1ncccc1C(=O)N1CCOC[C@H]1CCO)(c1ccccc1)c1ccccc1. The van der Waals surface area contributed by atoms with Crippen LogP contribution in [-0.2, 0) is 15.6 Å². The van der Waals surface area contributed by atoms with E-state index < -0.39 is 8.32 Å². The summed E-state index contributed by atoms with van der Waals surface area (Å²) in [6.07, 6.45) is 2.76. The van der Waals surface area contributed by atoms with Gasteiger partial charge >= 0.3 is 0 Å². The Kier molecular flexibility index (Phi) is 8.92. The highest BCUT2D eigenvalue weighted by molar-refractivity contribution is 6.99. The maximum Gasteiger partial charge on any atom is 0.261 e. The summed E-state index contributed by atoms with van der Waals surface area (Å²) in [5, 5.41) is 11.8. The lowest BCUT2D eigenvalue weighted by atomic mass is 10.1. The van der Waals surface area contributed by atoms with Crippen molar-refractivity contribution < 1.29 is 19.1 Å². The molecule has 1 aliphatic rings. The van der Waals surface area contributed by atoms with Gasteiger partial charge in [-0.05, 0) is 34.0 Å². The standard InChI is InChI=1S/C30H38N2O4Si/c1-30(2,3)37(25-11-6-4-7-12-25,26-13-8-5-9-14-26)36-21-17-28-27(15-10-18-31-28)29(34)32-19-22-35-23-24(32)16-20-33/h4-15,18,24,33H,16-17,19-23H2,1-3H3/t24-/m1/s1. The molecule has 37 heavy (non-hydrogen) atoms. The molecule has 1 saturated heterocycles. The van der Waals surface area contributed by atoms with E-state index in [1.165, 1.54) is 10.4 Å². The summed E-state index contributed by atoms with van der Waals surface area (Å²) in [6, 6.07) is 24.6. The molecule has 3 aromatic rings. The summed E-state index contributed by atoms with van der Waals surface area (Å²) < 4.78 is 12.6. The van der Waals surface area contributed by atoms with Crippen LogP contribution in [0.1, 0.15) is 43.2 Å². The Bertz CT molecular complexity index is 1110. The van der Waals surface area contributed by atoms with Gasteiger partial charge in [0, 0.05) is 32.4 Å². The molecule has 0 radical (unpaired) electrons. The molecule has 0 spiro atoms. The predicted octanol–water partition coefficient (Wildman–Crippen LogP) is 3.42. The second-order valence-corrected chi connectivity index (χ2v) is 14.8. The Morgan fingerprint density at radius 3 is 2.30 bits per heavy atom. The summed E-state index contributed by atoms with van der Waals surface area (Å²) in [5.74, 6) is -0.0599. The van der Waals surface area contributed by atoms with E-state index in [0.29, 0.717) is 44.8 Å². The Labute approximate surface area is 221 Å². The summed E-state index contributed by atoms with van der Waals surface area (Å²) in [5.41, 5.74) is 1.33. The molecule has 1 atom stereocenters. The largest absolute Gasteiger partial charge is 0.407 e. The van der Waals surface area contributed by atoms with Crippen molar-refractivity contribution in [3.8, 4) is 0 Å². The highest BCUT2D eigenvalue weighted by Crippen LogP contribution is 2.36. The van der Waals surface area contributed by atoms with Crippen LogP contribution in [0, 0.1) is 0 Å². The second kappa shape index (κ2) is 12.1. The van der Waals surface area contributed by atoms with E-state index >= 15 is 0 Å². The number of benzene rings is 2. The third kappa shape index (κ3) is 5.85. The van der Waals surface area contributed by atoms with Gasteiger partial charge in [0.25, 0.3) is 14.2 Å². The summed E-state index contributed by atoms with van der Waals surface area (Å²) in [4.78, 5) is 20.0. The minimum absolute atomic E-state index is 0.0179. The Balaban J connectivity index is 1.61. The minimum atomic E-state index is -2.67. The summed E-state index contributed by atoms with van der Waals surface area (Å²) >= 11 is 0. The smallest absolute Gasteiger partial charge is 0.261 e. The first-order valence-electron chi connectivity index (χ1n) is 13.1. The maximum atomic E-state index is 13.6. The molecule has 0 unspecified atom stereocenters. The van der Waals surface area contributed by atoms with Crippen LogP contribution in [-0.4, -0.2) is 68.2 Å². The molecule has 1 amide bonds. The molecule has 1 aromatic heterocycles. The lowest BCUT2D eigenvalue weighted by molar-refractivity contribution is -0.00838. The first-order chi connectivity index (χ1) is 17.9. The first kappa shape index (κ1) is 27.2. The van der Waals surface area contributed by atoms with Crippen LogP contribution in [0.25, 0.3) is 0 Å². The number of aliphatic hydroxyl groups is 1. The number of ether oxygens (including phenoxy) is 1. The summed E-state index contributed by atoms with van der Waals surface area (Å²) in [7, 11) is -2.67. The number of nitrogens with zero attached hydrogens (tertiary/aromatic N) is 2. The molecule has 0 bridgehead atoms. The molecule has 1 aliphatic heterocycles. The van der Waals surface area contributed by atoms with Crippen molar-refractivity contribution in [1.82, 2.24) is 9.88 Å². The fourth-order valence-electron chi connectivity index (χ4n) is 5.36. The lowest BCUT2D eigenvalue weighted by Gasteiger charge is -2.43. The van der Waals surface area contributed by atoms with Crippen LogP contribution < -0.4 is 10.4 Å². The highest BCUT2D eigenvalue weighted by atomic mass is 28.4. The van der Waals surface area contributed by atoms with E-state index in [2.05, 4.69) is 74.3 Å². The number of amides is 1. The summed E-state index contributed by atoms with van der Waals surface area (Å²) in [6.45, 7) is 8.70. The van der Waals surface area contributed by atoms with Crippen molar-refractivity contribution in [3.05, 3.63) is 90.3 Å². The number of carbonyl (C=O) groups is 1. The fourth-order valence-corrected chi connectivity index (χ4v) is 9.92. The average molecular weight is 519 g/mol. The van der Waals surface area contributed by atoms with Gasteiger partial charge in [-0.25, -0.2) is 0 Å². The molecule has 2 heterocycles. The van der Waals surface area contributed by atoms with Crippen molar-refractivity contribution in [3.63, 3.8) is 0 Å². The molecule has 1 fully saturated rings. The van der Waals surface area contributed by atoms with Crippen molar-refractivity contribution >= 4 is 24.6 Å². The van der Waals surface area contributed by atoms with Gasteiger partial charge in [0.05, 0.1) is 30.5 Å². The third-order valence-electron chi connectivity index (χ3n) is 7.15. The molecular weight excluding hydrogens is 480 g/mol.